The Morgan fingerprint density at radius 3 is 2.52 bits per heavy atom. The molecule has 0 fully saturated rings. The van der Waals surface area contributed by atoms with Gasteiger partial charge in [-0.25, -0.2) is 0 Å². The van der Waals surface area contributed by atoms with Crippen molar-refractivity contribution in [3.63, 3.8) is 0 Å². The van der Waals surface area contributed by atoms with Crippen molar-refractivity contribution in [1.82, 2.24) is 4.90 Å². The Hall–Kier alpha value is -1.61. The minimum absolute atomic E-state index is 0.152. The van der Waals surface area contributed by atoms with Crippen LogP contribution in [0.1, 0.15) is 38.2 Å². The summed E-state index contributed by atoms with van der Waals surface area (Å²) in [5, 5.41) is 0. The van der Waals surface area contributed by atoms with Gasteiger partial charge in [0.25, 0.3) is 0 Å². The number of hydrogen-bond donors (Lipinski definition) is 0. The summed E-state index contributed by atoms with van der Waals surface area (Å²) in [4.78, 5) is 14.6. The Kier molecular flexibility index (Phi) is 8.44. The summed E-state index contributed by atoms with van der Waals surface area (Å²) in [5.41, 5.74) is 0.992. The summed E-state index contributed by atoms with van der Waals surface area (Å²) in [5.74, 6) is -0.391. The third-order valence-electron chi connectivity index (χ3n) is 3.65. The molecule has 0 heterocycles. The smallest absolute Gasteiger partial charge is 0.313 e. The van der Waals surface area contributed by atoms with Gasteiger partial charge in [-0.3, -0.25) is 4.79 Å². The number of benzene rings is 1. The van der Waals surface area contributed by atoms with Gasteiger partial charge < -0.3 is 9.64 Å². The Bertz CT molecular complexity index is 412. The normalized spacial score (nSPS) is 12.1. The molecule has 0 aliphatic carbocycles. The standard InChI is InChI=1S/C18H27NO2/c1-4-11-17(16-12-8-7-9-13-16)18(20)21-15-10-14-19(5-2)6-3/h4,7-9,12-13,17H,1,5-6,10-11,14-15H2,2-3H3. The van der Waals surface area contributed by atoms with E-state index in [-0.39, 0.29) is 11.9 Å². The number of carbonyl (C=O) groups excluding carboxylic acids is 1. The van der Waals surface area contributed by atoms with E-state index in [9.17, 15) is 4.79 Å². The molecule has 1 unspecified atom stereocenters. The van der Waals surface area contributed by atoms with Gasteiger partial charge >= 0.3 is 5.97 Å². The van der Waals surface area contributed by atoms with Crippen molar-refractivity contribution in [2.45, 2.75) is 32.6 Å². The van der Waals surface area contributed by atoms with Crippen LogP contribution in [-0.4, -0.2) is 37.1 Å². The molecule has 1 rings (SSSR count). The van der Waals surface area contributed by atoms with Crippen LogP contribution in [0.4, 0.5) is 0 Å². The zero-order valence-corrected chi connectivity index (χ0v) is 13.3. The molecule has 0 N–H and O–H groups in total. The molecule has 0 amide bonds. The van der Waals surface area contributed by atoms with Gasteiger partial charge in [-0.2, -0.15) is 0 Å². The second-order valence-electron chi connectivity index (χ2n) is 5.04. The Balaban J connectivity index is 2.45. The minimum Gasteiger partial charge on any atom is -0.465 e. The van der Waals surface area contributed by atoms with E-state index in [1.54, 1.807) is 6.08 Å². The van der Waals surface area contributed by atoms with Crippen LogP contribution in [0.2, 0.25) is 0 Å². The Labute approximate surface area is 128 Å². The fourth-order valence-corrected chi connectivity index (χ4v) is 2.32. The highest BCUT2D eigenvalue weighted by molar-refractivity contribution is 5.78. The second kappa shape index (κ2) is 10.2. The summed E-state index contributed by atoms with van der Waals surface area (Å²) >= 11 is 0. The molecule has 21 heavy (non-hydrogen) atoms. The van der Waals surface area contributed by atoms with E-state index in [0.29, 0.717) is 13.0 Å². The lowest BCUT2D eigenvalue weighted by Gasteiger charge is -2.18. The molecule has 0 aliphatic heterocycles. The lowest BCUT2D eigenvalue weighted by Crippen LogP contribution is -2.25. The lowest BCUT2D eigenvalue weighted by atomic mass is 9.96. The molecule has 3 nitrogen and oxygen atoms in total. The van der Waals surface area contributed by atoms with Gasteiger partial charge in [-0.05, 0) is 31.5 Å². The molecule has 0 saturated heterocycles. The summed E-state index contributed by atoms with van der Waals surface area (Å²) in [7, 11) is 0. The number of carbonyl (C=O) groups is 1. The molecular formula is C18H27NO2. The maximum Gasteiger partial charge on any atom is 0.313 e. The number of nitrogens with zero attached hydrogens (tertiary/aromatic N) is 1. The first-order valence-corrected chi connectivity index (χ1v) is 7.77. The summed E-state index contributed by atoms with van der Waals surface area (Å²) in [6.45, 7) is 11.5. The van der Waals surface area contributed by atoms with Crippen molar-refractivity contribution in [3.05, 3.63) is 48.6 Å². The molecule has 0 spiro atoms. The van der Waals surface area contributed by atoms with Crippen LogP contribution in [0.15, 0.2) is 43.0 Å². The molecule has 0 bridgehead atoms. The first-order valence-electron chi connectivity index (χ1n) is 7.77. The average molecular weight is 289 g/mol. The molecule has 3 heteroatoms. The molecular weight excluding hydrogens is 262 g/mol. The first-order chi connectivity index (χ1) is 10.2. The number of ether oxygens (including phenoxy) is 1. The van der Waals surface area contributed by atoms with Gasteiger partial charge in [0.15, 0.2) is 0 Å². The zero-order chi connectivity index (χ0) is 15.5. The van der Waals surface area contributed by atoms with E-state index in [1.807, 2.05) is 30.3 Å². The highest BCUT2D eigenvalue weighted by atomic mass is 16.5. The molecule has 1 atom stereocenters. The quantitative estimate of drug-likeness (QED) is 0.374. The van der Waals surface area contributed by atoms with Crippen molar-refractivity contribution in [2.24, 2.45) is 0 Å². The maximum atomic E-state index is 12.2. The summed E-state index contributed by atoms with van der Waals surface area (Å²) in [6, 6.07) is 9.76. The van der Waals surface area contributed by atoms with Gasteiger partial charge in [0, 0.05) is 6.54 Å². The topological polar surface area (TPSA) is 29.5 Å². The van der Waals surface area contributed by atoms with Crippen molar-refractivity contribution in [1.29, 1.82) is 0 Å². The highest BCUT2D eigenvalue weighted by Crippen LogP contribution is 2.21. The molecule has 0 aliphatic rings. The van der Waals surface area contributed by atoms with Gasteiger partial charge in [0.2, 0.25) is 0 Å². The van der Waals surface area contributed by atoms with Crippen molar-refractivity contribution in [2.75, 3.05) is 26.2 Å². The second-order valence-corrected chi connectivity index (χ2v) is 5.04. The number of allylic oxidation sites excluding steroid dienone is 1. The third-order valence-corrected chi connectivity index (χ3v) is 3.65. The summed E-state index contributed by atoms with van der Waals surface area (Å²) < 4.78 is 5.44. The Morgan fingerprint density at radius 2 is 1.95 bits per heavy atom. The van der Waals surface area contributed by atoms with Crippen LogP contribution in [0.3, 0.4) is 0 Å². The fraction of sp³-hybridized carbons (Fsp3) is 0.500. The first kappa shape index (κ1) is 17.4. The van der Waals surface area contributed by atoms with Crippen LogP contribution in [0, 0.1) is 0 Å². The Morgan fingerprint density at radius 1 is 1.29 bits per heavy atom. The molecule has 0 radical (unpaired) electrons. The van der Waals surface area contributed by atoms with E-state index in [2.05, 4.69) is 25.3 Å². The van der Waals surface area contributed by atoms with E-state index in [0.717, 1.165) is 31.6 Å². The predicted molar refractivity (Wildman–Crippen MR) is 87.4 cm³/mol. The largest absolute Gasteiger partial charge is 0.465 e. The van der Waals surface area contributed by atoms with Crippen LogP contribution >= 0.6 is 0 Å². The predicted octanol–water partition coefficient (Wildman–Crippen LogP) is 3.62. The zero-order valence-electron chi connectivity index (χ0n) is 13.3. The number of hydrogen-bond acceptors (Lipinski definition) is 3. The van der Waals surface area contributed by atoms with E-state index in [1.165, 1.54) is 0 Å². The minimum atomic E-state index is -0.239. The van der Waals surface area contributed by atoms with Gasteiger partial charge in [0.1, 0.15) is 0 Å². The maximum absolute atomic E-state index is 12.2. The van der Waals surface area contributed by atoms with E-state index < -0.39 is 0 Å². The van der Waals surface area contributed by atoms with Gasteiger partial charge in [-0.15, -0.1) is 6.58 Å². The van der Waals surface area contributed by atoms with Crippen molar-refractivity contribution < 1.29 is 9.53 Å². The average Bonchev–Trinajstić information content (AvgIpc) is 2.53. The SMILES string of the molecule is C=CCC(C(=O)OCCCN(CC)CC)c1ccccc1. The van der Waals surface area contributed by atoms with Crippen LogP contribution < -0.4 is 0 Å². The third kappa shape index (κ3) is 6.13. The van der Waals surface area contributed by atoms with Crippen LogP contribution in [0.25, 0.3) is 0 Å². The monoisotopic (exact) mass is 289 g/mol. The van der Waals surface area contributed by atoms with Gasteiger partial charge in [-0.1, -0.05) is 50.3 Å². The number of esters is 1. The van der Waals surface area contributed by atoms with E-state index in [4.69, 9.17) is 4.74 Å². The highest BCUT2D eigenvalue weighted by Gasteiger charge is 2.20. The van der Waals surface area contributed by atoms with Crippen molar-refractivity contribution in [3.8, 4) is 0 Å². The number of rotatable bonds is 10. The van der Waals surface area contributed by atoms with Crippen LogP contribution in [0.5, 0.6) is 0 Å². The van der Waals surface area contributed by atoms with Crippen LogP contribution in [-0.2, 0) is 9.53 Å². The lowest BCUT2D eigenvalue weighted by molar-refractivity contribution is -0.145. The van der Waals surface area contributed by atoms with E-state index >= 15 is 0 Å². The molecule has 1 aromatic carbocycles. The molecule has 0 saturated carbocycles. The van der Waals surface area contributed by atoms with Gasteiger partial charge in [0.05, 0.1) is 12.5 Å². The summed E-state index contributed by atoms with van der Waals surface area (Å²) in [6.07, 6.45) is 3.26. The molecule has 1 aromatic rings. The molecule has 0 aromatic heterocycles. The van der Waals surface area contributed by atoms with Crippen molar-refractivity contribution >= 4 is 5.97 Å². The molecule has 116 valence electrons. The fourth-order valence-electron chi connectivity index (χ4n) is 2.32.